The average molecular weight is 354 g/mol. The van der Waals surface area contributed by atoms with Crippen molar-refractivity contribution in [2.24, 2.45) is 0 Å². The Kier molecular flexibility index (Phi) is 4.37. The molecule has 0 unspecified atom stereocenters. The molecule has 112 valence electrons. The van der Waals surface area contributed by atoms with Gasteiger partial charge in [0.05, 0.1) is 10.2 Å². The predicted octanol–water partition coefficient (Wildman–Crippen LogP) is 4.11. The Morgan fingerprint density at radius 2 is 2.05 bits per heavy atom. The van der Waals surface area contributed by atoms with E-state index < -0.39 is 0 Å². The summed E-state index contributed by atoms with van der Waals surface area (Å²) >= 11 is 3.12. The number of nitrogens with zero attached hydrogens (tertiary/aromatic N) is 1. The number of aromatic nitrogens is 1. The van der Waals surface area contributed by atoms with E-state index in [9.17, 15) is 9.18 Å². The fourth-order valence-corrected chi connectivity index (χ4v) is 2.42. The van der Waals surface area contributed by atoms with E-state index in [2.05, 4.69) is 21.2 Å². The first-order valence-corrected chi connectivity index (χ1v) is 7.33. The Labute approximate surface area is 131 Å². The zero-order valence-corrected chi connectivity index (χ0v) is 13.7. The van der Waals surface area contributed by atoms with Gasteiger partial charge in [-0.05, 0) is 60.5 Å². The van der Waals surface area contributed by atoms with E-state index in [-0.39, 0.29) is 17.8 Å². The highest BCUT2D eigenvalue weighted by atomic mass is 79.9. The van der Waals surface area contributed by atoms with Gasteiger partial charge in [0.1, 0.15) is 11.5 Å². The molecule has 1 amide bonds. The SMILES string of the molecule is Cc1cc(F)c(Br)cc1NC(=O)c1cc(N)cn1C(C)C. The van der Waals surface area contributed by atoms with Gasteiger partial charge in [0.15, 0.2) is 0 Å². The summed E-state index contributed by atoms with van der Waals surface area (Å²) in [5.41, 5.74) is 7.98. The third kappa shape index (κ3) is 3.26. The Bertz CT molecular complexity index is 694. The molecular weight excluding hydrogens is 337 g/mol. The Morgan fingerprint density at radius 3 is 2.67 bits per heavy atom. The van der Waals surface area contributed by atoms with Gasteiger partial charge in [-0.15, -0.1) is 0 Å². The predicted molar refractivity (Wildman–Crippen MR) is 86.0 cm³/mol. The van der Waals surface area contributed by atoms with Crippen molar-refractivity contribution in [3.8, 4) is 0 Å². The molecule has 0 saturated carbocycles. The average Bonchev–Trinajstić information content (AvgIpc) is 2.78. The molecule has 0 fully saturated rings. The lowest BCUT2D eigenvalue weighted by Gasteiger charge is -2.14. The van der Waals surface area contributed by atoms with Crippen LogP contribution in [0.15, 0.2) is 28.9 Å². The first kappa shape index (κ1) is 15.6. The highest BCUT2D eigenvalue weighted by molar-refractivity contribution is 9.10. The van der Waals surface area contributed by atoms with Gasteiger partial charge >= 0.3 is 0 Å². The second kappa shape index (κ2) is 5.89. The molecule has 0 atom stereocenters. The normalized spacial score (nSPS) is 11.0. The van der Waals surface area contributed by atoms with Gasteiger partial charge in [0.25, 0.3) is 5.91 Å². The molecule has 1 aromatic carbocycles. The zero-order valence-electron chi connectivity index (χ0n) is 12.1. The summed E-state index contributed by atoms with van der Waals surface area (Å²) in [5.74, 6) is -0.637. The lowest BCUT2D eigenvalue weighted by molar-refractivity contribution is 0.101. The largest absolute Gasteiger partial charge is 0.397 e. The van der Waals surface area contributed by atoms with E-state index in [1.54, 1.807) is 29.8 Å². The van der Waals surface area contributed by atoms with Crippen LogP contribution in [0.2, 0.25) is 0 Å². The van der Waals surface area contributed by atoms with Crippen molar-refractivity contribution in [2.75, 3.05) is 11.1 Å². The summed E-state index contributed by atoms with van der Waals surface area (Å²) in [6.07, 6.45) is 1.73. The zero-order chi connectivity index (χ0) is 15.7. The summed E-state index contributed by atoms with van der Waals surface area (Å²) < 4.78 is 15.5. The number of benzene rings is 1. The van der Waals surface area contributed by atoms with E-state index in [4.69, 9.17) is 5.73 Å². The minimum Gasteiger partial charge on any atom is -0.397 e. The minimum atomic E-state index is -0.361. The molecule has 0 spiro atoms. The van der Waals surface area contributed by atoms with E-state index in [0.717, 1.165) is 0 Å². The molecule has 1 aromatic heterocycles. The number of nitrogens with one attached hydrogen (secondary N) is 1. The Balaban J connectivity index is 2.33. The molecule has 2 aromatic rings. The molecule has 3 N–H and O–H groups in total. The number of hydrogen-bond acceptors (Lipinski definition) is 2. The van der Waals surface area contributed by atoms with Gasteiger partial charge in [0.2, 0.25) is 0 Å². The van der Waals surface area contributed by atoms with Crippen molar-refractivity contribution < 1.29 is 9.18 Å². The lowest BCUT2D eigenvalue weighted by atomic mass is 10.2. The van der Waals surface area contributed by atoms with Crippen LogP contribution < -0.4 is 11.1 Å². The number of anilines is 2. The molecule has 0 aliphatic rings. The molecule has 0 saturated heterocycles. The monoisotopic (exact) mass is 353 g/mol. The summed E-state index contributed by atoms with van der Waals surface area (Å²) in [5, 5.41) is 2.79. The van der Waals surface area contributed by atoms with Gasteiger partial charge < -0.3 is 15.6 Å². The number of nitrogens with two attached hydrogens (primary N) is 1. The van der Waals surface area contributed by atoms with Crippen molar-refractivity contribution in [1.29, 1.82) is 0 Å². The number of aryl methyl sites for hydroxylation is 1. The number of carbonyl (C=O) groups excluding carboxylic acids is 1. The molecule has 0 aliphatic carbocycles. The van der Waals surface area contributed by atoms with Crippen LogP contribution in [0.25, 0.3) is 0 Å². The Morgan fingerprint density at radius 1 is 1.38 bits per heavy atom. The van der Waals surface area contributed by atoms with Crippen molar-refractivity contribution in [1.82, 2.24) is 4.57 Å². The standard InChI is InChI=1S/C15H17BrFN3O/c1-8(2)20-7-10(18)5-14(20)15(21)19-13-6-11(16)12(17)4-9(13)3/h4-8H,18H2,1-3H3,(H,19,21). The number of nitrogen functional groups attached to an aromatic ring is 1. The summed E-state index contributed by atoms with van der Waals surface area (Å²) in [4.78, 5) is 12.4. The van der Waals surface area contributed by atoms with E-state index in [0.29, 0.717) is 27.1 Å². The summed E-state index contributed by atoms with van der Waals surface area (Å²) in [6.45, 7) is 5.67. The summed E-state index contributed by atoms with van der Waals surface area (Å²) in [7, 11) is 0. The first-order valence-electron chi connectivity index (χ1n) is 6.54. The van der Waals surface area contributed by atoms with E-state index >= 15 is 0 Å². The maximum Gasteiger partial charge on any atom is 0.272 e. The number of carbonyl (C=O) groups is 1. The lowest BCUT2D eigenvalue weighted by Crippen LogP contribution is -2.18. The number of hydrogen-bond donors (Lipinski definition) is 2. The topological polar surface area (TPSA) is 60.1 Å². The molecular formula is C15H17BrFN3O. The molecule has 1 heterocycles. The second-order valence-corrected chi connectivity index (χ2v) is 6.05. The molecule has 21 heavy (non-hydrogen) atoms. The van der Waals surface area contributed by atoms with Crippen LogP contribution in [0, 0.1) is 12.7 Å². The first-order chi connectivity index (χ1) is 9.79. The quantitative estimate of drug-likeness (QED) is 0.871. The van der Waals surface area contributed by atoms with Crippen molar-refractivity contribution in [2.45, 2.75) is 26.8 Å². The van der Waals surface area contributed by atoms with Gasteiger partial charge in [0, 0.05) is 17.9 Å². The minimum absolute atomic E-state index is 0.115. The van der Waals surface area contributed by atoms with Gasteiger partial charge in [-0.2, -0.15) is 0 Å². The number of rotatable bonds is 3. The number of amides is 1. The van der Waals surface area contributed by atoms with Crippen LogP contribution in [0.3, 0.4) is 0 Å². The third-order valence-electron chi connectivity index (χ3n) is 3.17. The van der Waals surface area contributed by atoms with Crippen LogP contribution in [0.1, 0.15) is 35.9 Å². The highest BCUT2D eigenvalue weighted by Gasteiger charge is 2.16. The molecule has 4 nitrogen and oxygen atoms in total. The van der Waals surface area contributed by atoms with Crippen LogP contribution in [-0.4, -0.2) is 10.5 Å². The van der Waals surface area contributed by atoms with Crippen molar-refractivity contribution in [3.63, 3.8) is 0 Å². The van der Waals surface area contributed by atoms with E-state index in [1.165, 1.54) is 6.07 Å². The fraction of sp³-hybridized carbons (Fsp3) is 0.267. The molecule has 0 aliphatic heterocycles. The van der Waals surface area contributed by atoms with Gasteiger partial charge in [-0.25, -0.2) is 4.39 Å². The maximum absolute atomic E-state index is 13.4. The maximum atomic E-state index is 13.4. The van der Waals surface area contributed by atoms with Crippen LogP contribution >= 0.6 is 15.9 Å². The second-order valence-electron chi connectivity index (χ2n) is 5.20. The molecule has 0 bridgehead atoms. The molecule has 6 heteroatoms. The van der Waals surface area contributed by atoms with Crippen LogP contribution in [-0.2, 0) is 0 Å². The van der Waals surface area contributed by atoms with Gasteiger partial charge in [-0.3, -0.25) is 4.79 Å². The smallest absolute Gasteiger partial charge is 0.272 e. The van der Waals surface area contributed by atoms with Gasteiger partial charge in [-0.1, -0.05) is 0 Å². The Hall–Kier alpha value is -1.82. The fourth-order valence-electron chi connectivity index (χ4n) is 2.08. The van der Waals surface area contributed by atoms with Crippen molar-refractivity contribution in [3.05, 3.63) is 45.9 Å². The van der Waals surface area contributed by atoms with Crippen molar-refractivity contribution >= 4 is 33.2 Å². The summed E-state index contributed by atoms with van der Waals surface area (Å²) in [6, 6.07) is 4.66. The molecule has 0 radical (unpaired) electrons. The highest BCUT2D eigenvalue weighted by Crippen LogP contribution is 2.25. The van der Waals surface area contributed by atoms with E-state index in [1.807, 2.05) is 13.8 Å². The van der Waals surface area contributed by atoms with Crippen LogP contribution in [0.5, 0.6) is 0 Å². The molecule has 2 rings (SSSR count). The van der Waals surface area contributed by atoms with Crippen LogP contribution in [0.4, 0.5) is 15.8 Å². The number of halogens is 2. The third-order valence-corrected chi connectivity index (χ3v) is 3.78.